The third kappa shape index (κ3) is 2.75. The third-order valence-electron chi connectivity index (χ3n) is 3.37. The monoisotopic (exact) mass is 336 g/mol. The quantitative estimate of drug-likeness (QED) is 0.852. The van der Waals surface area contributed by atoms with E-state index >= 15 is 0 Å². The maximum atomic E-state index is 12.2. The van der Waals surface area contributed by atoms with Gasteiger partial charge in [0.05, 0.1) is 0 Å². The van der Waals surface area contributed by atoms with Crippen LogP contribution < -0.4 is 4.72 Å². The minimum Gasteiger partial charge on any atom is -0.235 e. The molecule has 2 rings (SSSR count). The molecule has 0 radical (unpaired) electrons. The summed E-state index contributed by atoms with van der Waals surface area (Å²) in [6.07, 6.45) is 4.36. The van der Waals surface area contributed by atoms with Gasteiger partial charge in [-0.3, -0.25) is 0 Å². The first-order valence-corrected chi connectivity index (χ1v) is 8.23. The summed E-state index contributed by atoms with van der Waals surface area (Å²) in [7, 11) is -1.99. The Kier molecular flexibility index (Phi) is 3.80. The number of nitrogens with zero attached hydrogens (tertiary/aromatic N) is 3. The van der Waals surface area contributed by atoms with Gasteiger partial charge in [-0.1, -0.05) is 18.6 Å². The van der Waals surface area contributed by atoms with Crippen molar-refractivity contribution in [3.63, 3.8) is 0 Å². The molecule has 1 aromatic heterocycles. The van der Waals surface area contributed by atoms with Gasteiger partial charge in [0.25, 0.3) is 10.0 Å². The highest BCUT2D eigenvalue weighted by Crippen LogP contribution is 2.49. The molecule has 1 heterocycles. The summed E-state index contributed by atoms with van der Waals surface area (Å²) in [6.45, 7) is 2.62. The normalized spacial score (nSPS) is 17.9. The van der Waals surface area contributed by atoms with Crippen molar-refractivity contribution in [2.75, 3.05) is 6.54 Å². The van der Waals surface area contributed by atoms with Crippen molar-refractivity contribution >= 4 is 26.0 Å². The Balaban J connectivity index is 2.09. The second kappa shape index (κ2) is 4.90. The molecule has 1 N–H and O–H groups in total. The van der Waals surface area contributed by atoms with Crippen molar-refractivity contribution < 1.29 is 8.42 Å². The summed E-state index contributed by atoms with van der Waals surface area (Å²) in [4.78, 5) is 0. The molecular formula is C10H17BrN4O2S. The van der Waals surface area contributed by atoms with Crippen LogP contribution in [-0.4, -0.2) is 30.0 Å². The highest BCUT2D eigenvalue weighted by molar-refractivity contribution is 9.10. The zero-order valence-corrected chi connectivity index (χ0v) is 12.9. The van der Waals surface area contributed by atoms with Crippen molar-refractivity contribution in [3.05, 3.63) is 4.60 Å². The van der Waals surface area contributed by atoms with Crippen LogP contribution in [0.15, 0.2) is 9.63 Å². The van der Waals surface area contributed by atoms with Crippen LogP contribution in [0.1, 0.15) is 32.6 Å². The van der Waals surface area contributed by atoms with E-state index in [9.17, 15) is 8.42 Å². The summed E-state index contributed by atoms with van der Waals surface area (Å²) >= 11 is 3.11. The second-order valence-electron chi connectivity index (χ2n) is 4.88. The summed E-state index contributed by atoms with van der Waals surface area (Å²) in [5, 5.41) is 7.45. The molecular weight excluding hydrogens is 320 g/mol. The lowest BCUT2D eigenvalue weighted by atomic mass is 10.0. The Bertz CT molecular complexity index is 517. The van der Waals surface area contributed by atoms with Gasteiger partial charge in [0.2, 0.25) is 5.03 Å². The fourth-order valence-electron chi connectivity index (χ4n) is 2.15. The predicted molar refractivity (Wildman–Crippen MR) is 70.5 cm³/mol. The lowest BCUT2D eigenvalue weighted by Gasteiger charge is -2.14. The van der Waals surface area contributed by atoms with Gasteiger partial charge in [-0.25, -0.2) is 17.8 Å². The van der Waals surface area contributed by atoms with E-state index in [0.29, 0.717) is 6.54 Å². The third-order valence-corrected chi connectivity index (χ3v) is 5.65. The van der Waals surface area contributed by atoms with Crippen LogP contribution in [0.4, 0.5) is 0 Å². The van der Waals surface area contributed by atoms with E-state index in [1.54, 1.807) is 7.05 Å². The lowest BCUT2D eigenvalue weighted by Crippen LogP contribution is -2.31. The minimum absolute atomic E-state index is 0.0785. The van der Waals surface area contributed by atoms with E-state index in [4.69, 9.17) is 0 Å². The number of hydrogen-bond acceptors (Lipinski definition) is 4. The first-order chi connectivity index (χ1) is 8.40. The minimum atomic E-state index is -3.55. The number of hydrogen-bond donors (Lipinski definition) is 1. The van der Waals surface area contributed by atoms with E-state index in [0.717, 1.165) is 25.7 Å². The fraction of sp³-hybridized carbons (Fsp3) is 0.800. The van der Waals surface area contributed by atoms with E-state index in [-0.39, 0.29) is 15.0 Å². The molecule has 0 atom stereocenters. The van der Waals surface area contributed by atoms with Crippen LogP contribution in [0.5, 0.6) is 0 Å². The van der Waals surface area contributed by atoms with E-state index in [1.165, 1.54) is 4.68 Å². The summed E-state index contributed by atoms with van der Waals surface area (Å²) < 4.78 is 28.5. The van der Waals surface area contributed by atoms with E-state index in [1.807, 2.05) is 0 Å². The number of halogens is 1. The van der Waals surface area contributed by atoms with Gasteiger partial charge in [0, 0.05) is 13.6 Å². The van der Waals surface area contributed by atoms with Gasteiger partial charge in [-0.05, 0) is 40.6 Å². The van der Waals surface area contributed by atoms with Crippen LogP contribution in [0.25, 0.3) is 0 Å². The summed E-state index contributed by atoms with van der Waals surface area (Å²) in [5.41, 5.74) is 0.181. The maximum absolute atomic E-state index is 12.2. The molecule has 1 aliphatic carbocycles. The standard InChI is InChI=1S/C10H17BrN4O2S/c1-3-4-10(5-6-10)7-12-18(16,17)9-8(11)13-14-15(9)2/h12H,3-7H2,1-2H3. The van der Waals surface area contributed by atoms with Crippen molar-refractivity contribution in [1.29, 1.82) is 0 Å². The Labute approximate surface area is 115 Å². The molecule has 6 nitrogen and oxygen atoms in total. The van der Waals surface area contributed by atoms with Gasteiger partial charge in [0.1, 0.15) is 0 Å². The predicted octanol–water partition coefficient (Wildman–Crippen LogP) is 1.44. The number of sulfonamides is 1. The Hall–Kier alpha value is -0.470. The van der Waals surface area contributed by atoms with Gasteiger partial charge in [0.15, 0.2) is 4.60 Å². The highest BCUT2D eigenvalue weighted by atomic mass is 79.9. The molecule has 0 unspecified atom stereocenters. The molecule has 0 saturated heterocycles. The molecule has 1 aliphatic rings. The molecule has 18 heavy (non-hydrogen) atoms. The van der Waals surface area contributed by atoms with Crippen LogP contribution in [0.3, 0.4) is 0 Å². The number of rotatable bonds is 6. The topological polar surface area (TPSA) is 76.9 Å². The maximum Gasteiger partial charge on any atom is 0.260 e. The first kappa shape index (κ1) is 14.0. The van der Waals surface area contributed by atoms with E-state index < -0.39 is 10.0 Å². The van der Waals surface area contributed by atoms with Gasteiger partial charge < -0.3 is 0 Å². The molecule has 1 aromatic rings. The molecule has 0 amide bonds. The molecule has 0 aromatic carbocycles. The molecule has 1 saturated carbocycles. The number of aryl methyl sites for hydroxylation is 1. The molecule has 0 aliphatic heterocycles. The number of nitrogens with one attached hydrogen (secondary N) is 1. The van der Waals surface area contributed by atoms with Gasteiger partial charge in [-0.2, -0.15) is 0 Å². The van der Waals surface area contributed by atoms with Gasteiger partial charge >= 0.3 is 0 Å². The summed E-state index contributed by atoms with van der Waals surface area (Å²) in [6, 6.07) is 0. The Morgan fingerprint density at radius 2 is 2.17 bits per heavy atom. The zero-order chi connectivity index (χ0) is 13.4. The van der Waals surface area contributed by atoms with Crippen molar-refractivity contribution in [3.8, 4) is 0 Å². The van der Waals surface area contributed by atoms with Crippen LogP contribution in [-0.2, 0) is 17.1 Å². The SMILES string of the molecule is CCCC1(CNS(=O)(=O)c2c(Br)nnn2C)CC1. The Morgan fingerprint density at radius 3 is 2.61 bits per heavy atom. The fourth-order valence-corrected chi connectivity index (χ4v) is 4.39. The van der Waals surface area contributed by atoms with Crippen molar-refractivity contribution in [2.24, 2.45) is 12.5 Å². The molecule has 8 heteroatoms. The summed E-state index contributed by atoms with van der Waals surface area (Å²) in [5.74, 6) is 0. The molecule has 102 valence electrons. The van der Waals surface area contributed by atoms with Crippen molar-refractivity contribution in [1.82, 2.24) is 19.7 Å². The zero-order valence-electron chi connectivity index (χ0n) is 10.5. The van der Waals surface area contributed by atoms with Crippen LogP contribution in [0.2, 0.25) is 0 Å². The highest BCUT2D eigenvalue weighted by Gasteiger charge is 2.42. The van der Waals surface area contributed by atoms with Gasteiger partial charge in [-0.15, -0.1) is 5.10 Å². The molecule has 1 fully saturated rings. The van der Waals surface area contributed by atoms with Crippen LogP contribution >= 0.6 is 15.9 Å². The van der Waals surface area contributed by atoms with Crippen molar-refractivity contribution in [2.45, 2.75) is 37.6 Å². The largest absolute Gasteiger partial charge is 0.260 e. The molecule has 0 bridgehead atoms. The molecule has 0 spiro atoms. The van der Waals surface area contributed by atoms with Crippen LogP contribution in [0, 0.1) is 5.41 Å². The number of aromatic nitrogens is 3. The smallest absolute Gasteiger partial charge is 0.235 e. The second-order valence-corrected chi connectivity index (χ2v) is 7.32. The average Bonchev–Trinajstić information content (AvgIpc) is 2.97. The van der Waals surface area contributed by atoms with E-state index in [2.05, 4.69) is 37.9 Å². The Morgan fingerprint density at radius 1 is 1.50 bits per heavy atom. The lowest BCUT2D eigenvalue weighted by molar-refractivity contribution is 0.447. The first-order valence-electron chi connectivity index (χ1n) is 5.95. The average molecular weight is 337 g/mol.